The summed E-state index contributed by atoms with van der Waals surface area (Å²) in [5.41, 5.74) is 4.10. The Hall–Kier alpha value is -3.20. The summed E-state index contributed by atoms with van der Waals surface area (Å²) >= 11 is -1.35. The summed E-state index contributed by atoms with van der Waals surface area (Å²) in [6.07, 6.45) is 0.402. The van der Waals surface area contributed by atoms with Gasteiger partial charge in [0.05, 0.1) is 13.2 Å². The van der Waals surface area contributed by atoms with Crippen LogP contribution in [-0.2, 0) is 22.5 Å². The van der Waals surface area contributed by atoms with Crippen molar-refractivity contribution >= 4 is 28.3 Å². The van der Waals surface area contributed by atoms with Gasteiger partial charge in [0.25, 0.3) is 0 Å². The van der Waals surface area contributed by atoms with Gasteiger partial charge in [0.2, 0.25) is 0 Å². The van der Waals surface area contributed by atoms with Crippen molar-refractivity contribution < 1.29 is 18.6 Å². The Balaban J connectivity index is 1.78. The van der Waals surface area contributed by atoms with Crippen molar-refractivity contribution in [3.63, 3.8) is 0 Å². The van der Waals surface area contributed by atoms with E-state index in [1.54, 1.807) is 12.1 Å². The predicted octanol–water partition coefficient (Wildman–Crippen LogP) is 5.01. The maximum atomic E-state index is 13.1. The lowest BCUT2D eigenvalue weighted by atomic mass is 9.94. The number of benzene rings is 2. The van der Waals surface area contributed by atoms with Crippen molar-refractivity contribution in [3.05, 3.63) is 83.7 Å². The number of nitrogens with zero attached hydrogens (tertiary/aromatic N) is 2. The summed E-state index contributed by atoms with van der Waals surface area (Å²) < 4.78 is 26.3. The van der Waals surface area contributed by atoms with Gasteiger partial charge in [0, 0.05) is 34.4 Å². The fourth-order valence-electron chi connectivity index (χ4n) is 3.64. The minimum absolute atomic E-state index is 0.228. The zero-order chi connectivity index (χ0) is 24.3. The van der Waals surface area contributed by atoms with E-state index in [2.05, 4.69) is 14.9 Å². The Labute approximate surface area is 201 Å². The lowest BCUT2D eigenvalue weighted by Gasteiger charge is -2.29. The van der Waals surface area contributed by atoms with Crippen LogP contribution in [0.5, 0.6) is 0 Å². The van der Waals surface area contributed by atoms with Crippen LogP contribution in [0.3, 0.4) is 0 Å². The van der Waals surface area contributed by atoms with Crippen LogP contribution in [0.25, 0.3) is 22.2 Å². The normalized spacial score (nSPS) is 13.6. The number of para-hydroxylation sites is 1. The average molecular weight is 478 g/mol. The van der Waals surface area contributed by atoms with Crippen LogP contribution in [0.2, 0.25) is 0 Å². The smallest absolute Gasteiger partial charge is 0.356 e. The maximum Gasteiger partial charge on any atom is 0.356 e. The number of ether oxygens (including phenoxy) is 1. The highest BCUT2D eigenvalue weighted by Gasteiger charge is 2.31. The first kappa shape index (κ1) is 23.9. The molecule has 4 aromatic rings. The van der Waals surface area contributed by atoms with E-state index in [4.69, 9.17) is 9.26 Å². The van der Waals surface area contributed by atoms with E-state index < -0.39 is 22.1 Å². The van der Waals surface area contributed by atoms with Crippen LogP contribution in [0.15, 0.2) is 71.3 Å². The van der Waals surface area contributed by atoms with Crippen LogP contribution in [0, 0.1) is 0 Å². The van der Waals surface area contributed by atoms with E-state index in [0.29, 0.717) is 17.7 Å². The number of hydrogen-bond donors (Lipinski definition) is 1. The van der Waals surface area contributed by atoms with Crippen molar-refractivity contribution in [3.8, 4) is 11.3 Å². The highest BCUT2D eigenvalue weighted by Crippen LogP contribution is 2.35. The first-order valence-corrected chi connectivity index (χ1v) is 12.1. The van der Waals surface area contributed by atoms with Gasteiger partial charge < -0.3 is 13.8 Å². The molecule has 0 amide bonds. The summed E-state index contributed by atoms with van der Waals surface area (Å²) in [4.78, 5) is 16.5. The standard InChI is InChI=1S/C26H27N3O4S/c1-26(2,3)34(31)29-22(16-17-10-9-14-21(27-17)25(30)32-4)18-11-5-6-12-19(18)24-20-13-7-8-15-23(20)33-28-24/h5-15,22,29H,16H2,1-4H3/t22-,34?/m0/s1. The zero-order valence-corrected chi connectivity index (χ0v) is 20.4. The predicted molar refractivity (Wildman–Crippen MR) is 132 cm³/mol. The molecule has 0 spiro atoms. The Morgan fingerprint density at radius 1 is 1.09 bits per heavy atom. The Morgan fingerprint density at radius 3 is 2.59 bits per heavy atom. The fourth-order valence-corrected chi connectivity index (χ4v) is 4.46. The summed E-state index contributed by atoms with van der Waals surface area (Å²) in [7, 11) is 1.33. The summed E-state index contributed by atoms with van der Waals surface area (Å²) in [5, 5.41) is 5.24. The molecule has 0 bridgehead atoms. The first-order chi connectivity index (χ1) is 16.3. The van der Waals surface area contributed by atoms with Crippen molar-refractivity contribution in [2.75, 3.05) is 7.11 Å². The number of nitrogens with one attached hydrogen (secondary N) is 1. The number of aromatic nitrogens is 2. The van der Waals surface area contributed by atoms with Gasteiger partial charge >= 0.3 is 5.97 Å². The molecule has 0 saturated heterocycles. The fraction of sp³-hybridized carbons (Fsp3) is 0.269. The lowest BCUT2D eigenvalue weighted by molar-refractivity contribution is 0.0593. The molecule has 1 N–H and O–H groups in total. The molecule has 0 radical (unpaired) electrons. The molecule has 8 heteroatoms. The summed E-state index contributed by atoms with van der Waals surface area (Å²) in [5.74, 6) is -0.501. The third-order valence-corrected chi connectivity index (χ3v) is 7.00. The second kappa shape index (κ2) is 9.97. The van der Waals surface area contributed by atoms with Crippen molar-refractivity contribution in [2.24, 2.45) is 0 Å². The third kappa shape index (κ3) is 5.14. The highest BCUT2D eigenvalue weighted by atomic mass is 32.2. The van der Waals surface area contributed by atoms with Gasteiger partial charge in [-0.2, -0.15) is 0 Å². The maximum absolute atomic E-state index is 13.1. The molecule has 1 unspecified atom stereocenters. The molecule has 0 aliphatic rings. The molecule has 2 aromatic heterocycles. The minimum atomic E-state index is -1.35. The Kier molecular flexibility index (Phi) is 7.02. The number of rotatable bonds is 7. The summed E-state index contributed by atoms with van der Waals surface area (Å²) in [6.45, 7) is 5.75. The van der Waals surface area contributed by atoms with E-state index in [9.17, 15) is 9.35 Å². The van der Waals surface area contributed by atoms with Crippen molar-refractivity contribution in [1.82, 2.24) is 14.9 Å². The molecule has 4 rings (SSSR count). The highest BCUT2D eigenvalue weighted by molar-refractivity contribution is 7.90. The zero-order valence-electron chi connectivity index (χ0n) is 19.6. The second-order valence-corrected chi connectivity index (χ2v) is 10.9. The molecule has 2 atom stereocenters. The van der Waals surface area contributed by atoms with E-state index in [-0.39, 0.29) is 11.7 Å². The van der Waals surface area contributed by atoms with E-state index >= 15 is 0 Å². The molecule has 176 valence electrons. The van der Waals surface area contributed by atoms with Crippen LogP contribution >= 0.6 is 0 Å². The molecule has 2 heterocycles. The van der Waals surface area contributed by atoms with E-state index in [0.717, 1.165) is 22.2 Å². The molecule has 34 heavy (non-hydrogen) atoms. The van der Waals surface area contributed by atoms with Gasteiger partial charge in [-0.3, -0.25) is 0 Å². The topological polar surface area (TPSA) is 100 Å². The molecule has 2 aromatic carbocycles. The van der Waals surface area contributed by atoms with Crippen molar-refractivity contribution in [2.45, 2.75) is 38.0 Å². The second-order valence-electron chi connectivity index (χ2n) is 8.88. The number of esters is 1. The third-order valence-electron chi connectivity index (χ3n) is 5.39. The molecule has 0 fully saturated rings. The monoisotopic (exact) mass is 477 g/mol. The first-order valence-electron chi connectivity index (χ1n) is 10.9. The molecular weight excluding hydrogens is 450 g/mol. The van der Waals surface area contributed by atoms with Gasteiger partial charge in [-0.1, -0.05) is 47.6 Å². The van der Waals surface area contributed by atoms with Crippen LogP contribution < -0.4 is 4.72 Å². The van der Waals surface area contributed by atoms with Crippen LogP contribution in [-0.4, -0.2) is 32.5 Å². The Morgan fingerprint density at radius 2 is 1.82 bits per heavy atom. The molecule has 0 aliphatic carbocycles. The molecular formula is C26H27N3O4S. The summed E-state index contributed by atoms with van der Waals surface area (Å²) in [6, 6.07) is 20.4. The number of pyridine rings is 1. The van der Waals surface area contributed by atoms with E-state index in [1.165, 1.54) is 7.11 Å². The molecule has 7 nitrogen and oxygen atoms in total. The largest absolute Gasteiger partial charge is 0.598 e. The number of carbonyl (C=O) groups is 1. The van der Waals surface area contributed by atoms with Gasteiger partial charge in [-0.15, -0.1) is 4.72 Å². The number of hydrogen-bond acceptors (Lipinski definition) is 7. The number of fused-ring (bicyclic) bond motifs is 1. The van der Waals surface area contributed by atoms with Crippen molar-refractivity contribution in [1.29, 1.82) is 0 Å². The SMILES string of the molecule is COC(=O)c1cccc(C[C@H](N[S+]([O-])C(C)(C)C)c2ccccc2-c2noc3ccccc23)n1. The molecule has 0 saturated carbocycles. The quantitative estimate of drug-likeness (QED) is 0.295. The van der Waals surface area contributed by atoms with Crippen LogP contribution in [0.4, 0.5) is 0 Å². The lowest BCUT2D eigenvalue weighted by Crippen LogP contribution is -2.42. The van der Waals surface area contributed by atoms with Gasteiger partial charge in [-0.05, 0) is 50.6 Å². The molecule has 0 aliphatic heterocycles. The minimum Gasteiger partial charge on any atom is -0.598 e. The van der Waals surface area contributed by atoms with Gasteiger partial charge in [0.1, 0.15) is 16.1 Å². The van der Waals surface area contributed by atoms with Crippen LogP contribution in [0.1, 0.15) is 48.6 Å². The number of carbonyl (C=O) groups excluding carboxylic acids is 1. The van der Waals surface area contributed by atoms with E-state index in [1.807, 2.05) is 75.4 Å². The van der Waals surface area contributed by atoms with Gasteiger partial charge in [0.15, 0.2) is 5.58 Å². The number of methoxy groups -OCH3 is 1. The van der Waals surface area contributed by atoms with Gasteiger partial charge in [-0.25, -0.2) is 9.78 Å². The average Bonchev–Trinajstić information content (AvgIpc) is 3.26. The Bertz CT molecular complexity index is 1300.